The van der Waals surface area contributed by atoms with E-state index in [2.05, 4.69) is 20.4 Å². The second-order valence-electron chi connectivity index (χ2n) is 9.18. The Morgan fingerprint density at radius 1 is 1.19 bits per heavy atom. The molecular formula is C21H30ClN5O4. The van der Waals surface area contributed by atoms with Gasteiger partial charge in [-0.3, -0.25) is 0 Å². The molecule has 1 N–H and O–H groups in total. The minimum absolute atomic E-state index is 0.0138. The smallest absolute Gasteiger partial charge is 0.407 e. The number of amides is 1. The molecule has 2 aromatic rings. The van der Waals surface area contributed by atoms with Gasteiger partial charge in [-0.2, -0.15) is 15.1 Å². The van der Waals surface area contributed by atoms with Crippen LogP contribution in [0.2, 0.25) is 5.28 Å². The van der Waals surface area contributed by atoms with E-state index >= 15 is 0 Å². The Kier molecular flexibility index (Phi) is 6.52. The lowest BCUT2D eigenvalue weighted by Crippen LogP contribution is -2.42. The number of carbonyl (C=O) groups excluding carboxylic acids is 1. The van der Waals surface area contributed by atoms with Crippen molar-refractivity contribution in [2.45, 2.75) is 89.7 Å². The number of rotatable bonds is 4. The van der Waals surface area contributed by atoms with E-state index in [1.54, 1.807) is 10.9 Å². The van der Waals surface area contributed by atoms with Crippen LogP contribution in [0.5, 0.6) is 5.88 Å². The fraction of sp³-hybridized carbons (Fsp3) is 0.714. The number of fused-ring (bicyclic) bond motifs is 1. The predicted octanol–water partition coefficient (Wildman–Crippen LogP) is 4.39. The van der Waals surface area contributed by atoms with Gasteiger partial charge in [0.05, 0.1) is 6.20 Å². The summed E-state index contributed by atoms with van der Waals surface area (Å²) >= 11 is 6.20. The molecule has 0 radical (unpaired) electrons. The second kappa shape index (κ2) is 9.16. The molecule has 10 heteroatoms. The van der Waals surface area contributed by atoms with E-state index in [1.165, 1.54) is 0 Å². The SMILES string of the molecule is CC(C)(C)OC(=O)N[C@H]1CC[C@@H](Oc2nc(Cl)nc3c2cnn3C2CCCCO2)CC1. The van der Waals surface area contributed by atoms with Crippen molar-refractivity contribution in [1.29, 1.82) is 0 Å². The standard InChI is InChI=1S/C21H30ClN5O4/c1-21(2,3)31-20(28)24-13-7-9-14(10-8-13)30-18-15-12-23-27(16-6-4-5-11-29-16)17(15)25-19(22)26-18/h12-14,16H,4-11H2,1-3H3,(H,24,28)/t13-,14+,16?. The summed E-state index contributed by atoms with van der Waals surface area (Å²) in [6.45, 7) is 6.28. The van der Waals surface area contributed by atoms with E-state index in [-0.39, 0.29) is 29.8 Å². The maximum Gasteiger partial charge on any atom is 0.407 e. The first-order valence-corrected chi connectivity index (χ1v) is 11.3. The highest BCUT2D eigenvalue weighted by atomic mass is 35.5. The van der Waals surface area contributed by atoms with Crippen molar-refractivity contribution in [2.75, 3.05) is 6.61 Å². The third kappa shape index (κ3) is 5.57. The van der Waals surface area contributed by atoms with Gasteiger partial charge in [-0.05, 0) is 77.3 Å². The van der Waals surface area contributed by atoms with Crippen molar-refractivity contribution in [2.24, 2.45) is 0 Å². The summed E-state index contributed by atoms with van der Waals surface area (Å²) < 4.78 is 19.2. The second-order valence-corrected chi connectivity index (χ2v) is 9.52. The summed E-state index contributed by atoms with van der Waals surface area (Å²) in [4.78, 5) is 20.7. The summed E-state index contributed by atoms with van der Waals surface area (Å²) in [5, 5.41) is 8.28. The van der Waals surface area contributed by atoms with Gasteiger partial charge in [-0.15, -0.1) is 0 Å². The Labute approximate surface area is 186 Å². The Bertz CT molecular complexity index is 914. The van der Waals surface area contributed by atoms with Crippen LogP contribution in [0.15, 0.2) is 6.20 Å². The average molecular weight is 452 g/mol. The first-order valence-electron chi connectivity index (χ1n) is 11.0. The van der Waals surface area contributed by atoms with E-state index in [0.29, 0.717) is 11.5 Å². The summed E-state index contributed by atoms with van der Waals surface area (Å²) in [5.41, 5.74) is 0.122. The van der Waals surface area contributed by atoms with Crippen LogP contribution in [0.3, 0.4) is 0 Å². The summed E-state index contributed by atoms with van der Waals surface area (Å²) in [5.74, 6) is 0.445. The van der Waals surface area contributed by atoms with E-state index in [0.717, 1.165) is 56.9 Å². The van der Waals surface area contributed by atoms with Crippen LogP contribution in [0.1, 0.15) is 71.9 Å². The van der Waals surface area contributed by atoms with Gasteiger partial charge in [0, 0.05) is 12.6 Å². The maximum atomic E-state index is 12.0. The molecule has 1 aliphatic carbocycles. The van der Waals surface area contributed by atoms with Crippen LogP contribution in [-0.4, -0.2) is 50.2 Å². The van der Waals surface area contributed by atoms with Gasteiger partial charge in [0.2, 0.25) is 11.2 Å². The van der Waals surface area contributed by atoms with E-state index in [9.17, 15) is 4.79 Å². The maximum absolute atomic E-state index is 12.0. The molecule has 2 aliphatic rings. The molecule has 170 valence electrons. The van der Waals surface area contributed by atoms with Crippen molar-refractivity contribution in [1.82, 2.24) is 25.1 Å². The van der Waals surface area contributed by atoms with Crippen LogP contribution >= 0.6 is 11.6 Å². The predicted molar refractivity (Wildman–Crippen MR) is 115 cm³/mol. The lowest BCUT2D eigenvalue weighted by atomic mass is 9.93. The molecule has 2 aromatic heterocycles. The van der Waals surface area contributed by atoms with Gasteiger partial charge in [-0.25, -0.2) is 9.48 Å². The van der Waals surface area contributed by atoms with Crippen molar-refractivity contribution in [3.63, 3.8) is 0 Å². The highest BCUT2D eigenvalue weighted by Crippen LogP contribution is 2.32. The van der Waals surface area contributed by atoms with E-state index in [1.807, 2.05) is 20.8 Å². The summed E-state index contributed by atoms with van der Waals surface area (Å²) in [6, 6.07) is 0.0786. The van der Waals surface area contributed by atoms with Gasteiger partial charge < -0.3 is 19.5 Å². The number of carbonyl (C=O) groups is 1. The summed E-state index contributed by atoms with van der Waals surface area (Å²) in [7, 11) is 0. The largest absolute Gasteiger partial charge is 0.474 e. The fourth-order valence-electron chi connectivity index (χ4n) is 4.05. The Hall–Kier alpha value is -2.13. The first-order chi connectivity index (χ1) is 14.8. The zero-order valence-corrected chi connectivity index (χ0v) is 19.0. The van der Waals surface area contributed by atoms with Gasteiger partial charge in [0.15, 0.2) is 11.9 Å². The Morgan fingerprint density at radius 2 is 1.97 bits per heavy atom. The van der Waals surface area contributed by atoms with Crippen molar-refractivity contribution in [3.05, 3.63) is 11.5 Å². The number of hydrogen-bond acceptors (Lipinski definition) is 7. The fourth-order valence-corrected chi connectivity index (χ4v) is 4.21. The number of hydrogen-bond donors (Lipinski definition) is 1. The Morgan fingerprint density at radius 3 is 2.65 bits per heavy atom. The average Bonchev–Trinajstić information content (AvgIpc) is 3.12. The number of alkyl carbamates (subject to hydrolysis) is 1. The van der Waals surface area contributed by atoms with Crippen molar-refractivity contribution >= 4 is 28.7 Å². The molecule has 0 aromatic carbocycles. The Balaban J connectivity index is 1.39. The number of nitrogens with zero attached hydrogens (tertiary/aromatic N) is 4. The van der Waals surface area contributed by atoms with Gasteiger partial charge >= 0.3 is 6.09 Å². The minimum Gasteiger partial charge on any atom is -0.474 e. The van der Waals surface area contributed by atoms with Crippen LogP contribution in [0, 0.1) is 0 Å². The molecule has 4 rings (SSSR count). The molecular weight excluding hydrogens is 422 g/mol. The number of nitrogens with one attached hydrogen (secondary N) is 1. The lowest BCUT2D eigenvalue weighted by Gasteiger charge is -2.30. The van der Waals surface area contributed by atoms with Crippen LogP contribution < -0.4 is 10.1 Å². The molecule has 1 saturated heterocycles. The number of halogens is 1. The normalized spacial score (nSPS) is 24.7. The van der Waals surface area contributed by atoms with Crippen molar-refractivity contribution < 1.29 is 19.0 Å². The molecule has 9 nitrogen and oxygen atoms in total. The highest BCUT2D eigenvalue weighted by molar-refractivity contribution is 6.28. The van der Waals surface area contributed by atoms with Crippen LogP contribution in [0.4, 0.5) is 4.79 Å². The zero-order chi connectivity index (χ0) is 22.0. The number of aromatic nitrogens is 4. The molecule has 1 amide bonds. The van der Waals surface area contributed by atoms with Crippen molar-refractivity contribution in [3.8, 4) is 5.88 Å². The quantitative estimate of drug-likeness (QED) is 0.687. The molecule has 1 saturated carbocycles. The topological polar surface area (TPSA) is 100 Å². The third-order valence-corrected chi connectivity index (χ3v) is 5.66. The molecule has 1 aliphatic heterocycles. The van der Waals surface area contributed by atoms with Crippen LogP contribution in [0.25, 0.3) is 11.0 Å². The van der Waals surface area contributed by atoms with E-state index < -0.39 is 5.60 Å². The van der Waals surface area contributed by atoms with Gasteiger partial charge in [0.25, 0.3) is 0 Å². The first kappa shape index (κ1) is 22.1. The number of ether oxygens (including phenoxy) is 3. The van der Waals surface area contributed by atoms with E-state index in [4.69, 9.17) is 25.8 Å². The molecule has 1 unspecified atom stereocenters. The van der Waals surface area contributed by atoms with Crippen LogP contribution in [-0.2, 0) is 9.47 Å². The monoisotopic (exact) mass is 451 g/mol. The third-order valence-electron chi connectivity index (χ3n) is 5.49. The van der Waals surface area contributed by atoms with Gasteiger partial charge in [-0.1, -0.05) is 0 Å². The molecule has 2 fully saturated rings. The molecule has 1 atom stereocenters. The lowest BCUT2D eigenvalue weighted by molar-refractivity contribution is -0.0370. The summed E-state index contributed by atoms with van der Waals surface area (Å²) in [6.07, 6.45) is 7.44. The zero-order valence-electron chi connectivity index (χ0n) is 18.3. The molecule has 0 spiro atoms. The minimum atomic E-state index is -0.505. The molecule has 3 heterocycles. The molecule has 31 heavy (non-hydrogen) atoms. The highest BCUT2D eigenvalue weighted by Gasteiger charge is 2.28. The molecule has 0 bridgehead atoms. The van der Waals surface area contributed by atoms with Gasteiger partial charge in [0.1, 0.15) is 17.1 Å².